The lowest BCUT2D eigenvalue weighted by Gasteiger charge is -2.41. The third-order valence-corrected chi connectivity index (χ3v) is 6.44. The maximum atomic E-state index is 13.1. The first kappa shape index (κ1) is 17.8. The number of likely N-dealkylation sites (tertiary alicyclic amines) is 1. The zero-order valence-electron chi connectivity index (χ0n) is 15.7. The minimum absolute atomic E-state index is 0.0156. The van der Waals surface area contributed by atoms with E-state index >= 15 is 0 Å². The molecule has 1 saturated heterocycles. The number of thiazole rings is 1. The Morgan fingerprint density at radius 1 is 1.10 bits per heavy atom. The first-order valence-electron chi connectivity index (χ1n) is 9.51. The molecule has 0 aliphatic carbocycles. The standard InChI is InChI=1S/C21H20N6OS/c22-20-25-17(13-29-20)21(16-4-2-1-3-5-16)8-10-26(11-9-21)19(28)15-6-7-18-23-14-24-27(18)12-15/h1-7,12-14H,8-11H2,(H2,22,25). The number of benzene rings is 1. The number of rotatable bonds is 3. The van der Waals surface area contributed by atoms with Gasteiger partial charge in [0.2, 0.25) is 0 Å². The molecule has 4 heterocycles. The molecule has 8 heteroatoms. The minimum atomic E-state index is -0.220. The summed E-state index contributed by atoms with van der Waals surface area (Å²) in [6.45, 7) is 1.31. The Morgan fingerprint density at radius 3 is 2.62 bits per heavy atom. The number of fused-ring (bicyclic) bond motifs is 1. The van der Waals surface area contributed by atoms with Gasteiger partial charge in [-0.05, 0) is 30.5 Å². The normalized spacial score (nSPS) is 16.2. The van der Waals surface area contributed by atoms with Gasteiger partial charge in [-0.25, -0.2) is 14.5 Å². The Balaban J connectivity index is 1.42. The second-order valence-corrected chi connectivity index (χ2v) is 8.18. The van der Waals surface area contributed by atoms with Gasteiger partial charge in [-0.2, -0.15) is 5.10 Å². The van der Waals surface area contributed by atoms with E-state index in [1.807, 2.05) is 23.1 Å². The number of nitrogens with zero attached hydrogens (tertiary/aromatic N) is 5. The summed E-state index contributed by atoms with van der Waals surface area (Å²) in [5, 5.41) is 6.76. The van der Waals surface area contributed by atoms with Crippen molar-refractivity contribution >= 4 is 28.0 Å². The van der Waals surface area contributed by atoms with Crippen molar-refractivity contribution in [1.29, 1.82) is 0 Å². The number of nitrogens with two attached hydrogens (primary N) is 1. The maximum Gasteiger partial charge on any atom is 0.255 e. The summed E-state index contributed by atoms with van der Waals surface area (Å²) in [5.74, 6) is 0.0156. The first-order valence-corrected chi connectivity index (χ1v) is 10.4. The van der Waals surface area contributed by atoms with Crippen LogP contribution in [0.2, 0.25) is 0 Å². The molecule has 1 aliphatic rings. The van der Waals surface area contributed by atoms with Crippen LogP contribution in [0.15, 0.2) is 60.4 Å². The lowest BCUT2D eigenvalue weighted by atomic mass is 9.70. The van der Waals surface area contributed by atoms with E-state index in [4.69, 9.17) is 5.73 Å². The van der Waals surface area contributed by atoms with E-state index < -0.39 is 0 Å². The highest BCUT2D eigenvalue weighted by molar-refractivity contribution is 7.13. The molecule has 0 bridgehead atoms. The largest absolute Gasteiger partial charge is 0.375 e. The van der Waals surface area contributed by atoms with Gasteiger partial charge in [0.15, 0.2) is 10.8 Å². The predicted molar refractivity (Wildman–Crippen MR) is 112 cm³/mol. The van der Waals surface area contributed by atoms with Gasteiger partial charge in [0.25, 0.3) is 5.91 Å². The summed E-state index contributed by atoms with van der Waals surface area (Å²) < 4.78 is 1.63. The number of amides is 1. The van der Waals surface area contributed by atoms with Crippen LogP contribution in [0.25, 0.3) is 5.65 Å². The Kier molecular flexibility index (Phi) is 4.28. The molecule has 0 saturated carbocycles. The monoisotopic (exact) mass is 404 g/mol. The molecular formula is C21H20N6OS. The molecule has 29 heavy (non-hydrogen) atoms. The summed E-state index contributed by atoms with van der Waals surface area (Å²) in [7, 11) is 0. The lowest BCUT2D eigenvalue weighted by molar-refractivity contribution is 0.0683. The van der Waals surface area contributed by atoms with Crippen molar-refractivity contribution in [2.24, 2.45) is 0 Å². The van der Waals surface area contributed by atoms with E-state index in [0.29, 0.717) is 23.8 Å². The van der Waals surface area contributed by atoms with E-state index in [2.05, 4.69) is 44.7 Å². The summed E-state index contributed by atoms with van der Waals surface area (Å²) >= 11 is 1.47. The first-order chi connectivity index (χ1) is 14.2. The number of aromatic nitrogens is 4. The number of hydrogen-bond acceptors (Lipinski definition) is 6. The van der Waals surface area contributed by atoms with E-state index in [-0.39, 0.29) is 11.3 Å². The van der Waals surface area contributed by atoms with Crippen LogP contribution in [0.4, 0.5) is 5.13 Å². The highest BCUT2D eigenvalue weighted by Crippen LogP contribution is 2.42. The molecule has 1 amide bonds. The molecule has 4 aromatic rings. The van der Waals surface area contributed by atoms with Gasteiger partial charge in [0.05, 0.1) is 11.3 Å². The van der Waals surface area contributed by atoms with Crippen LogP contribution in [0.3, 0.4) is 0 Å². The third-order valence-electron chi connectivity index (χ3n) is 5.76. The van der Waals surface area contributed by atoms with E-state index in [0.717, 1.165) is 24.2 Å². The zero-order chi connectivity index (χ0) is 19.8. The van der Waals surface area contributed by atoms with Crippen LogP contribution in [0.1, 0.15) is 34.5 Å². The number of anilines is 1. The Morgan fingerprint density at radius 2 is 1.90 bits per heavy atom. The molecule has 146 valence electrons. The van der Waals surface area contributed by atoms with Crippen LogP contribution in [-0.2, 0) is 5.41 Å². The highest BCUT2D eigenvalue weighted by Gasteiger charge is 2.40. The van der Waals surface area contributed by atoms with Crippen LogP contribution in [0, 0.1) is 0 Å². The van der Waals surface area contributed by atoms with E-state index in [9.17, 15) is 4.79 Å². The maximum absolute atomic E-state index is 13.1. The number of pyridine rings is 1. The molecule has 1 aliphatic heterocycles. The topological polar surface area (TPSA) is 89.4 Å². The Hall–Kier alpha value is -3.26. The number of carbonyl (C=O) groups is 1. The van der Waals surface area contributed by atoms with E-state index in [1.165, 1.54) is 23.2 Å². The van der Waals surface area contributed by atoms with Gasteiger partial charge >= 0.3 is 0 Å². The molecule has 2 N–H and O–H groups in total. The summed E-state index contributed by atoms with van der Waals surface area (Å²) in [6, 6.07) is 14.0. The van der Waals surface area contributed by atoms with Gasteiger partial charge in [-0.3, -0.25) is 4.79 Å². The van der Waals surface area contributed by atoms with Crippen LogP contribution in [0.5, 0.6) is 0 Å². The van der Waals surface area contributed by atoms with Gasteiger partial charge in [-0.1, -0.05) is 30.3 Å². The van der Waals surface area contributed by atoms with Gasteiger partial charge in [0.1, 0.15) is 6.33 Å². The van der Waals surface area contributed by atoms with E-state index in [1.54, 1.807) is 10.7 Å². The molecular weight excluding hydrogens is 384 g/mol. The predicted octanol–water partition coefficient (Wildman–Crippen LogP) is 2.99. The molecule has 0 spiro atoms. The number of carbonyl (C=O) groups excluding carboxylic acids is 1. The van der Waals surface area contributed by atoms with Gasteiger partial charge in [0, 0.05) is 30.1 Å². The fraction of sp³-hybridized carbons (Fsp3) is 0.238. The Labute approximate surface area is 171 Å². The lowest BCUT2D eigenvalue weighted by Crippen LogP contribution is -2.46. The number of piperidine rings is 1. The summed E-state index contributed by atoms with van der Waals surface area (Å²) in [6.07, 6.45) is 4.83. The molecule has 3 aromatic heterocycles. The van der Waals surface area contributed by atoms with Crippen LogP contribution in [-0.4, -0.2) is 43.5 Å². The van der Waals surface area contributed by atoms with Crippen molar-refractivity contribution in [3.63, 3.8) is 0 Å². The number of nitrogen functional groups attached to an aromatic ring is 1. The van der Waals surface area contributed by atoms with Gasteiger partial charge < -0.3 is 10.6 Å². The van der Waals surface area contributed by atoms with Crippen LogP contribution < -0.4 is 5.73 Å². The molecule has 5 rings (SSSR count). The molecule has 1 aromatic carbocycles. The van der Waals surface area contributed by atoms with Crippen molar-refractivity contribution < 1.29 is 4.79 Å². The molecule has 7 nitrogen and oxygen atoms in total. The second kappa shape index (κ2) is 6.97. The minimum Gasteiger partial charge on any atom is -0.375 e. The third kappa shape index (κ3) is 3.05. The molecule has 0 radical (unpaired) electrons. The summed E-state index contributed by atoms with van der Waals surface area (Å²) in [4.78, 5) is 23.7. The average molecular weight is 404 g/mol. The van der Waals surface area contributed by atoms with Crippen molar-refractivity contribution in [3.8, 4) is 0 Å². The molecule has 0 unspecified atom stereocenters. The van der Waals surface area contributed by atoms with Crippen molar-refractivity contribution in [3.05, 3.63) is 77.2 Å². The van der Waals surface area contributed by atoms with Crippen molar-refractivity contribution in [2.45, 2.75) is 18.3 Å². The average Bonchev–Trinajstić information content (AvgIpc) is 3.42. The molecule has 0 atom stereocenters. The number of hydrogen-bond donors (Lipinski definition) is 1. The summed E-state index contributed by atoms with van der Waals surface area (Å²) in [5.41, 5.74) is 9.29. The highest BCUT2D eigenvalue weighted by atomic mass is 32.1. The fourth-order valence-electron chi connectivity index (χ4n) is 4.17. The quantitative estimate of drug-likeness (QED) is 0.567. The fourth-order valence-corrected chi connectivity index (χ4v) is 4.84. The Bertz CT molecular complexity index is 1160. The second-order valence-electron chi connectivity index (χ2n) is 7.29. The molecule has 1 fully saturated rings. The SMILES string of the molecule is Nc1nc(C2(c3ccccc3)CCN(C(=O)c3ccc4ncnn4c3)CC2)cs1. The smallest absolute Gasteiger partial charge is 0.255 e. The zero-order valence-corrected chi connectivity index (χ0v) is 16.5. The van der Waals surface area contributed by atoms with Crippen molar-refractivity contribution in [1.82, 2.24) is 24.5 Å². The van der Waals surface area contributed by atoms with Crippen LogP contribution >= 0.6 is 11.3 Å². The van der Waals surface area contributed by atoms with Crippen molar-refractivity contribution in [2.75, 3.05) is 18.8 Å². The van der Waals surface area contributed by atoms with Gasteiger partial charge in [-0.15, -0.1) is 11.3 Å².